The lowest BCUT2D eigenvalue weighted by molar-refractivity contribution is -0.114. The Labute approximate surface area is 95.0 Å². The van der Waals surface area contributed by atoms with Gasteiger partial charge < -0.3 is 10.1 Å². The third-order valence-electron chi connectivity index (χ3n) is 1.53. The van der Waals surface area contributed by atoms with Gasteiger partial charge in [0.05, 0.1) is 11.6 Å². The number of ether oxygens (including phenoxy) is 1. The maximum atomic E-state index is 11.1. The number of anilines is 1. The highest BCUT2D eigenvalue weighted by Gasteiger charge is 2.10. The summed E-state index contributed by atoms with van der Waals surface area (Å²) in [6, 6.07) is 3.12. The van der Waals surface area contributed by atoms with Gasteiger partial charge >= 0.3 is 5.97 Å². The topological polar surface area (TPSA) is 68.3 Å². The van der Waals surface area contributed by atoms with Crippen LogP contribution < -0.4 is 5.32 Å². The molecule has 1 amide bonds. The Morgan fingerprint density at radius 1 is 1.47 bits per heavy atom. The van der Waals surface area contributed by atoms with Crippen LogP contribution in [0.1, 0.15) is 17.4 Å². The molecule has 0 bridgehead atoms. The molecule has 0 aromatic carbocycles. The highest BCUT2D eigenvalue weighted by Crippen LogP contribution is 2.20. The van der Waals surface area contributed by atoms with Gasteiger partial charge in [0.25, 0.3) is 0 Å². The smallest absolute Gasteiger partial charge is 0.356 e. The zero-order valence-corrected chi connectivity index (χ0v) is 9.79. The van der Waals surface area contributed by atoms with Gasteiger partial charge in [-0.05, 0) is 28.1 Å². The molecule has 15 heavy (non-hydrogen) atoms. The summed E-state index contributed by atoms with van der Waals surface area (Å²) in [5.41, 5.74) is 0.143. The molecule has 0 unspecified atom stereocenters. The first kappa shape index (κ1) is 11.6. The van der Waals surface area contributed by atoms with E-state index in [2.05, 4.69) is 31.0 Å². The molecule has 5 nitrogen and oxygen atoms in total. The maximum absolute atomic E-state index is 11.1. The summed E-state index contributed by atoms with van der Waals surface area (Å²) < 4.78 is 5.11. The number of nitrogens with zero attached hydrogens (tertiary/aromatic N) is 1. The van der Waals surface area contributed by atoms with E-state index in [9.17, 15) is 9.59 Å². The molecule has 0 saturated carbocycles. The molecular weight excluding hydrogens is 264 g/mol. The standard InChI is InChI=1S/C9H9BrN2O3/c1-5(13)11-8-6(10)3-4-7(12-8)9(14)15-2/h3-4H,1-2H3,(H,11,12,13). The van der Waals surface area contributed by atoms with E-state index in [-0.39, 0.29) is 11.6 Å². The van der Waals surface area contributed by atoms with Gasteiger partial charge in [0.2, 0.25) is 5.91 Å². The number of hydrogen-bond donors (Lipinski definition) is 1. The van der Waals surface area contributed by atoms with Crippen LogP contribution in [0.5, 0.6) is 0 Å². The first-order valence-corrected chi connectivity index (χ1v) is 4.86. The van der Waals surface area contributed by atoms with Crippen molar-refractivity contribution in [1.82, 2.24) is 4.98 Å². The number of methoxy groups -OCH3 is 1. The molecule has 80 valence electrons. The minimum atomic E-state index is -0.547. The summed E-state index contributed by atoms with van der Waals surface area (Å²) in [4.78, 5) is 25.9. The van der Waals surface area contributed by atoms with Crippen LogP contribution in [-0.4, -0.2) is 24.0 Å². The number of halogens is 1. The maximum Gasteiger partial charge on any atom is 0.356 e. The third kappa shape index (κ3) is 3.02. The Morgan fingerprint density at radius 2 is 2.13 bits per heavy atom. The Kier molecular flexibility index (Phi) is 3.79. The molecule has 0 aliphatic rings. The summed E-state index contributed by atoms with van der Waals surface area (Å²) in [5.74, 6) is -0.510. The predicted molar refractivity (Wildman–Crippen MR) is 57.6 cm³/mol. The van der Waals surface area contributed by atoms with Crippen molar-refractivity contribution in [3.8, 4) is 0 Å². The molecule has 0 spiro atoms. The summed E-state index contributed by atoms with van der Waals surface area (Å²) in [5, 5.41) is 2.49. The second-order valence-electron chi connectivity index (χ2n) is 2.70. The van der Waals surface area contributed by atoms with Gasteiger partial charge in [-0.2, -0.15) is 0 Å². The van der Waals surface area contributed by atoms with Crippen LogP contribution in [-0.2, 0) is 9.53 Å². The molecule has 1 aromatic rings. The monoisotopic (exact) mass is 272 g/mol. The highest BCUT2D eigenvalue weighted by molar-refractivity contribution is 9.10. The molecule has 0 atom stereocenters. The summed E-state index contributed by atoms with van der Waals surface area (Å²) in [7, 11) is 1.27. The van der Waals surface area contributed by atoms with Gasteiger partial charge in [-0.1, -0.05) is 0 Å². The van der Waals surface area contributed by atoms with Crippen LogP contribution in [0.3, 0.4) is 0 Å². The largest absolute Gasteiger partial charge is 0.464 e. The number of rotatable bonds is 2. The van der Waals surface area contributed by atoms with Gasteiger partial charge in [0.15, 0.2) is 5.69 Å². The van der Waals surface area contributed by atoms with Crippen molar-refractivity contribution in [3.05, 3.63) is 22.3 Å². The van der Waals surface area contributed by atoms with E-state index in [1.807, 2.05) is 0 Å². The van der Waals surface area contributed by atoms with Crippen molar-refractivity contribution in [3.63, 3.8) is 0 Å². The van der Waals surface area contributed by atoms with Gasteiger partial charge in [-0.3, -0.25) is 4.79 Å². The number of esters is 1. The van der Waals surface area contributed by atoms with Crippen LogP contribution in [0.2, 0.25) is 0 Å². The lowest BCUT2D eigenvalue weighted by Crippen LogP contribution is -2.11. The van der Waals surface area contributed by atoms with Gasteiger partial charge in [0.1, 0.15) is 5.82 Å². The molecule has 0 fully saturated rings. The van der Waals surface area contributed by atoms with E-state index in [4.69, 9.17) is 0 Å². The van der Waals surface area contributed by atoms with Crippen LogP contribution >= 0.6 is 15.9 Å². The molecule has 0 aliphatic heterocycles. The molecule has 1 heterocycles. The number of carbonyl (C=O) groups is 2. The minimum absolute atomic E-state index is 0.143. The highest BCUT2D eigenvalue weighted by atomic mass is 79.9. The van der Waals surface area contributed by atoms with E-state index >= 15 is 0 Å². The minimum Gasteiger partial charge on any atom is -0.464 e. The van der Waals surface area contributed by atoms with Crippen molar-refractivity contribution >= 4 is 33.6 Å². The number of hydrogen-bond acceptors (Lipinski definition) is 4. The molecule has 0 saturated heterocycles. The van der Waals surface area contributed by atoms with Crippen molar-refractivity contribution in [2.75, 3.05) is 12.4 Å². The second kappa shape index (κ2) is 4.88. The number of aromatic nitrogens is 1. The molecule has 0 aliphatic carbocycles. The average Bonchev–Trinajstić information content (AvgIpc) is 2.19. The SMILES string of the molecule is COC(=O)c1ccc(Br)c(NC(C)=O)n1. The van der Waals surface area contributed by atoms with Gasteiger partial charge in [-0.15, -0.1) is 0 Å². The Bertz CT molecular complexity index is 406. The molecule has 1 N–H and O–H groups in total. The van der Waals surface area contributed by atoms with Crippen LogP contribution in [0.25, 0.3) is 0 Å². The fraction of sp³-hybridized carbons (Fsp3) is 0.222. The Balaban J connectivity index is 3.05. The average molecular weight is 273 g/mol. The quantitative estimate of drug-likeness (QED) is 0.831. The van der Waals surface area contributed by atoms with Crippen LogP contribution in [0.15, 0.2) is 16.6 Å². The van der Waals surface area contributed by atoms with E-state index in [1.165, 1.54) is 20.1 Å². The zero-order chi connectivity index (χ0) is 11.4. The lowest BCUT2D eigenvalue weighted by Gasteiger charge is -2.05. The molecular formula is C9H9BrN2O3. The van der Waals surface area contributed by atoms with Crippen molar-refractivity contribution in [2.24, 2.45) is 0 Å². The van der Waals surface area contributed by atoms with E-state index in [0.29, 0.717) is 10.3 Å². The predicted octanol–water partition coefficient (Wildman–Crippen LogP) is 1.59. The first-order valence-electron chi connectivity index (χ1n) is 4.07. The second-order valence-corrected chi connectivity index (χ2v) is 3.55. The van der Waals surface area contributed by atoms with Gasteiger partial charge in [0, 0.05) is 6.92 Å². The first-order chi connectivity index (χ1) is 7.04. The Morgan fingerprint density at radius 3 is 2.67 bits per heavy atom. The molecule has 0 radical (unpaired) electrons. The normalized spacial score (nSPS) is 9.53. The van der Waals surface area contributed by atoms with Crippen molar-refractivity contribution < 1.29 is 14.3 Å². The number of pyridine rings is 1. The fourth-order valence-electron chi connectivity index (χ4n) is 0.915. The molecule has 1 aromatic heterocycles. The summed E-state index contributed by atoms with van der Waals surface area (Å²) in [6.07, 6.45) is 0. The third-order valence-corrected chi connectivity index (χ3v) is 2.17. The van der Waals surface area contributed by atoms with E-state index < -0.39 is 5.97 Å². The van der Waals surface area contributed by atoms with Gasteiger partial charge in [-0.25, -0.2) is 9.78 Å². The van der Waals surface area contributed by atoms with Crippen molar-refractivity contribution in [1.29, 1.82) is 0 Å². The van der Waals surface area contributed by atoms with Crippen LogP contribution in [0, 0.1) is 0 Å². The Hall–Kier alpha value is -1.43. The summed E-state index contributed by atoms with van der Waals surface area (Å²) in [6.45, 7) is 1.36. The number of carbonyl (C=O) groups excluding carboxylic acids is 2. The molecule has 1 rings (SSSR count). The number of nitrogens with one attached hydrogen (secondary N) is 1. The lowest BCUT2D eigenvalue weighted by atomic mass is 10.3. The van der Waals surface area contributed by atoms with E-state index in [0.717, 1.165) is 0 Å². The van der Waals surface area contributed by atoms with Crippen molar-refractivity contribution in [2.45, 2.75) is 6.92 Å². The number of amides is 1. The van der Waals surface area contributed by atoms with Crippen LogP contribution in [0.4, 0.5) is 5.82 Å². The zero-order valence-electron chi connectivity index (χ0n) is 8.20. The fourth-order valence-corrected chi connectivity index (χ4v) is 1.23. The van der Waals surface area contributed by atoms with E-state index in [1.54, 1.807) is 6.07 Å². The summed E-state index contributed by atoms with van der Waals surface area (Å²) >= 11 is 3.20. The molecule has 6 heteroatoms.